The van der Waals surface area contributed by atoms with E-state index in [1.807, 2.05) is 61.5 Å². The highest BCUT2D eigenvalue weighted by Gasteiger charge is 2.27. The molecule has 2 amide bonds. The molecule has 172 valence electrons. The Bertz CT molecular complexity index is 1290. The maximum Gasteiger partial charge on any atom is 0.257 e. The van der Waals surface area contributed by atoms with Gasteiger partial charge in [0, 0.05) is 30.9 Å². The first kappa shape index (κ1) is 21.7. The second-order valence-electron chi connectivity index (χ2n) is 8.59. The first-order valence-corrected chi connectivity index (χ1v) is 11.4. The van der Waals surface area contributed by atoms with Crippen molar-refractivity contribution in [3.63, 3.8) is 0 Å². The molecule has 2 aromatic carbocycles. The molecule has 0 atom stereocenters. The summed E-state index contributed by atoms with van der Waals surface area (Å²) in [6.07, 6.45) is 6.15. The summed E-state index contributed by atoms with van der Waals surface area (Å²) in [7, 11) is 0. The van der Waals surface area contributed by atoms with E-state index in [9.17, 15) is 9.59 Å². The number of likely N-dealkylation sites (tertiary alicyclic amines) is 1. The number of amides is 2. The molecular weight excluding hydrogens is 428 g/mol. The van der Waals surface area contributed by atoms with Gasteiger partial charge in [0.25, 0.3) is 11.8 Å². The molecule has 5 rings (SSSR count). The Balaban J connectivity index is 1.34. The summed E-state index contributed by atoms with van der Waals surface area (Å²) in [5.74, 6) is -0.192. The van der Waals surface area contributed by atoms with Crippen molar-refractivity contribution in [3.05, 3.63) is 96.1 Å². The third kappa shape index (κ3) is 4.50. The summed E-state index contributed by atoms with van der Waals surface area (Å²) in [5.41, 5.74) is 4.64. The van der Waals surface area contributed by atoms with Crippen molar-refractivity contribution in [2.45, 2.75) is 25.8 Å². The molecule has 4 aromatic rings. The van der Waals surface area contributed by atoms with Crippen LogP contribution in [0.15, 0.2) is 83.8 Å². The van der Waals surface area contributed by atoms with Crippen LogP contribution in [-0.2, 0) is 0 Å². The van der Waals surface area contributed by atoms with E-state index < -0.39 is 0 Å². The average Bonchev–Trinajstić information content (AvgIpc) is 3.56. The Hall–Kier alpha value is -4.13. The maximum absolute atomic E-state index is 13.4. The zero-order chi connectivity index (χ0) is 23.5. The van der Waals surface area contributed by atoms with E-state index >= 15 is 0 Å². The first-order valence-electron chi connectivity index (χ1n) is 11.4. The summed E-state index contributed by atoms with van der Waals surface area (Å²) >= 11 is 0. The average molecular weight is 455 g/mol. The number of hydrogen-bond donors (Lipinski definition) is 1. The van der Waals surface area contributed by atoms with Gasteiger partial charge >= 0.3 is 0 Å². The topological polar surface area (TPSA) is 80.4 Å². The number of carbonyl (C=O) groups is 2. The summed E-state index contributed by atoms with van der Waals surface area (Å²) in [6.45, 7) is 3.20. The molecule has 2 aromatic heterocycles. The molecule has 1 aliphatic heterocycles. The van der Waals surface area contributed by atoms with Crippen LogP contribution in [0.3, 0.4) is 0 Å². The Morgan fingerprint density at radius 3 is 2.53 bits per heavy atom. The zero-order valence-corrected chi connectivity index (χ0v) is 19.0. The lowest BCUT2D eigenvalue weighted by molar-refractivity contribution is 0.0697. The molecule has 1 N–H and O–H groups in total. The third-order valence-corrected chi connectivity index (χ3v) is 6.16. The van der Waals surface area contributed by atoms with Crippen LogP contribution in [0.4, 0.5) is 0 Å². The lowest BCUT2D eigenvalue weighted by Gasteiger charge is -2.32. The number of piperidine rings is 1. The zero-order valence-electron chi connectivity index (χ0n) is 19.0. The molecule has 0 spiro atoms. The molecule has 0 bridgehead atoms. The van der Waals surface area contributed by atoms with Gasteiger partial charge in [-0.1, -0.05) is 42.0 Å². The fraction of sp³-hybridized carbons (Fsp3) is 0.222. The molecule has 1 aliphatic rings. The van der Waals surface area contributed by atoms with Gasteiger partial charge < -0.3 is 14.6 Å². The number of furan rings is 1. The van der Waals surface area contributed by atoms with E-state index in [1.165, 1.54) is 12.5 Å². The summed E-state index contributed by atoms with van der Waals surface area (Å²) < 4.78 is 6.77. The van der Waals surface area contributed by atoms with Crippen molar-refractivity contribution in [2.75, 3.05) is 13.1 Å². The van der Waals surface area contributed by atoms with E-state index in [2.05, 4.69) is 5.32 Å². The number of aryl methyl sites for hydroxylation is 1. The lowest BCUT2D eigenvalue weighted by Crippen LogP contribution is -2.46. The molecule has 1 saturated heterocycles. The van der Waals surface area contributed by atoms with Crippen molar-refractivity contribution in [1.82, 2.24) is 20.0 Å². The number of rotatable bonds is 5. The van der Waals surface area contributed by atoms with Crippen molar-refractivity contribution in [3.8, 4) is 16.9 Å². The van der Waals surface area contributed by atoms with Gasteiger partial charge in [0.1, 0.15) is 12.0 Å². The highest BCUT2D eigenvalue weighted by molar-refractivity contribution is 6.00. The molecule has 1 fully saturated rings. The van der Waals surface area contributed by atoms with E-state index in [4.69, 9.17) is 9.52 Å². The summed E-state index contributed by atoms with van der Waals surface area (Å²) in [4.78, 5) is 27.7. The molecule has 3 heterocycles. The fourth-order valence-corrected chi connectivity index (χ4v) is 4.32. The van der Waals surface area contributed by atoms with Crippen LogP contribution in [0.1, 0.15) is 39.1 Å². The van der Waals surface area contributed by atoms with Crippen LogP contribution >= 0.6 is 0 Å². The first-order chi connectivity index (χ1) is 16.6. The van der Waals surface area contributed by atoms with Gasteiger partial charge in [0.15, 0.2) is 0 Å². The van der Waals surface area contributed by atoms with Crippen molar-refractivity contribution in [2.24, 2.45) is 0 Å². The second-order valence-corrected chi connectivity index (χ2v) is 8.59. The quantitative estimate of drug-likeness (QED) is 0.482. The highest BCUT2D eigenvalue weighted by atomic mass is 16.3. The van der Waals surface area contributed by atoms with Gasteiger partial charge in [0.2, 0.25) is 0 Å². The molecule has 0 saturated carbocycles. The summed E-state index contributed by atoms with van der Waals surface area (Å²) in [6, 6.07) is 19.4. The van der Waals surface area contributed by atoms with E-state index in [0.29, 0.717) is 42.8 Å². The molecule has 34 heavy (non-hydrogen) atoms. The molecule has 0 aliphatic carbocycles. The van der Waals surface area contributed by atoms with Gasteiger partial charge in [-0.05, 0) is 44.0 Å². The van der Waals surface area contributed by atoms with Gasteiger partial charge in [-0.2, -0.15) is 5.10 Å². The second kappa shape index (κ2) is 9.39. The normalized spacial score (nSPS) is 14.2. The molecule has 7 nitrogen and oxygen atoms in total. The predicted molar refractivity (Wildman–Crippen MR) is 129 cm³/mol. The Morgan fingerprint density at radius 2 is 1.82 bits per heavy atom. The Kier molecular flexibility index (Phi) is 5.99. The molecule has 7 heteroatoms. The minimum atomic E-state index is -0.154. The van der Waals surface area contributed by atoms with Crippen LogP contribution in [0, 0.1) is 6.92 Å². The van der Waals surface area contributed by atoms with Crippen LogP contribution < -0.4 is 5.32 Å². The maximum atomic E-state index is 13.4. The number of nitrogens with one attached hydrogen (secondary N) is 1. The van der Waals surface area contributed by atoms with Crippen molar-refractivity contribution < 1.29 is 14.0 Å². The SMILES string of the molecule is Cc1cccc(-c2nn(-c3ccccc3)cc2C(=O)NC2CCN(C(=O)c3ccoc3)CC2)c1. The van der Waals surface area contributed by atoms with Crippen molar-refractivity contribution in [1.29, 1.82) is 0 Å². The highest BCUT2D eigenvalue weighted by Crippen LogP contribution is 2.25. The number of hydrogen-bond acceptors (Lipinski definition) is 4. The minimum absolute atomic E-state index is 0.00802. The number of benzene rings is 2. The molecule has 0 unspecified atom stereocenters. The number of para-hydroxylation sites is 1. The molecule has 0 radical (unpaired) electrons. The monoisotopic (exact) mass is 454 g/mol. The third-order valence-electron chi connectivity index (χ3n) is 6.16. The number of carbonyl (C=O) groups excluding carboxylic acids is 2. The fourth-order valence-electron chi connectivity index (χ4n) is 4.32. The standard InChI is InChI=1S/C27H26N4O3/c1-19-6-5-7-20(16-19)25-24(17-31(29-25)23-8-3-2-4-9-23)26(32)28-22-10-13-30(14-11-22)27(33)21-12-15-34-18-21/h2-9,12,15-18,22H,10-11,13-14H2,1H3,(H,28,32). The lowest BCUT2D eigenvalue weighted by atomic mass is 10.0. The summed E-state index contributed by atoms with van der Waals surface area (Å²) in [5, 5.41) is 7.93. The van der Waals surface area contributed by atoms with Gasteiger partial charge in [-0.3, -0.25) is 9.59 Å². The van der Waals surface area contributed by atoms with E-state index in [-0.39, 0.29) is 17.9 Å². The number of aromatic nitrogens is 2. The van der Waals surface area contributed by atoms with E-state index in [0.717, 1.165) is 16.8 Å². The van der Waals surface area contributed by atoms with Crippen LogP contribution in [0.5, 0.6) is 0 Å². The van der Waals surface area contributed by atoms with E-state index in [1.54, 1.807) is 21.8 Å². The van der Waals surface area contributed by atoms with Gasteiger partial charge in [-0.25, -0.2) is 4.68 Å². The van der Waals surface area contributed by atoms with Crippen LogP contribution in [-0.4, -0.2) is 45.6 Å². The Labute approximate surface area is 198 Å². The predicted octanol–water partition coefficient (Wildman–Crippen LogP) is 4.48. The number of nitrogens with zero attached hydrogens (tertiary/aromatic N) is 3. The largest absolute Gasteiger partial charge is 0.472 e. The van der Waals surface area contributed by atoms with Gasteiger partial charge in [-0.15, -0.1) is 0 Å². The minimum Gasteiger partial charge on any atom is -0.472 e. The van der Waals surface area contributed by atoms with Crippen LogP contribution in [0.25, 0.3) is 16.9 Å². The Morgan fingerprint density at radius 1 is 1.03 bits per heavy atom. The smallest absolute Gasteiger partial charge is 0.257 e. The van der Waals surface area contributed by atoms with Gasteiger partial charge in [0.05, 0.1) is 23.1 Å². The van der Waals surface area contributed by atoms with Crippen molar-refractivity contribution >= 4 is 11.8 Å². The van der Waals surface area contributed by atoms with Crippen LogP contribution in [0.2, 0.25) is 0 Å². The molecular formula is C27H26N4O3.